The Balaban J connectivity index is 1.68. The van der Waals surface area contributed by atoms with Crippen LogP contribution < -0.4 is 16.6 Å². The summed E-state index contributed by atoms with van der Waals surface area (Å²) in [5, 5.41) is 3.73. The van der Waals surface area contributed by atoms with Crippen molar-refractivity contribution in [1.29, 1.82) is 0 Å². The molecule has 0 spiro atoms. The molecule has 2 heterocycles. The van der Waals surface area contributed by atoms with Crippen LogP contribution in [0, 0.1) is 0 Å². The fourth-order valence-electron chi connectivity index (χ4n) is 3.71. The van der Waals surface area contributed by atoms with Gasteiger partial charge in [0.2, 0.25) is 5.91 Å². The van der Waals surface area contributed by atoms with Crippen molar-refractivity contribution >= 4 is 28.4 Å². The maximum Gasteiger partial charge on any atom is 0.332 e. The third-order valence-corrected chi connectivity index (χ3v) is 5.45. The average molecular weight is 428 g/mol. The van der Waals surface area contributed by atoms with Gasteiger partial charge in [-0.2, -0.15) is 0 Å². The highest BCUT2D eigenvalue weighted by molar-refractivity contribution is 6.30. The van der Waals surface area contributed by atoms with Gasteiger partial charge in [-0.1, -0.05) is 35.9 Å². The van der Waals surface area contributed by atoms with Crippen molar-refractivity contribution in [2.45, 2.75) is 32.0 Å². The fraction of sp³-hybridized carbons (Fsp3) is 0.318. The summed E-state index contributed by atoms with van der Waals surface area (Å²) in [6.45, 7) is 1.01. The molecule has 30 heavy (non-hydrogen) atoms. The first-order valence-corrected chi connectivity index (χ1v) is 10.3. The van der Waals surface area contributed by atoms with Gasteiger partial charge in [-0.25, -0.2) is 4.79 Å². The van der Waals surface area contributed by atoms with E-state index in [4.69, 9.17) is 16.3 Å². The van der Waals surface area contributed by atoms with E-state index in [0.717, 1.165) is 23.0 Å². The first-order chi connectivity index (χ1) is 14.5. The number of rotatable bonds is 6. The van der Waals surface area contributed by atoms with Gasteiger partial charge in [0.25, 0.3) is 5.56 Å². The zero-order chi connectivity index (χ0) is 21.1. The summed E-state index contributed by atoms with van der Waals surface area (Å²) in [4.78, 5) is 38.7. The number of hydrogen-bond donors (Lipinski definition) is 1. The molecule has 1 N–H and O–H groups in total. The van der Waals surface area contributed by atoms with Gasteiger partial charge in [-0.15, -0.1) is 0 Å². The zero-order valence-corrected chi connectivity index (χ0v) is 17.1. The summed E-state index contributed by atoms with van der Waals surface area (Å²) >= 11 is 6.04. The van der Waals surface area contributed by atoms with Gasteiger partial charge in [-0.3, -0.25) is 18.7 Å². The van der Waals surface area contributed by atoms with Crippen LogP contribution >= 0.6 is 11.6 Å². The predicted molar refractivity (Wildman–Crippen MR) is 115 cm³/mol. The van der Waals surface area contributed by atoms with Crippen LogP contribution in [0.3, 0.4) is 0 Å². The quantitative estimate of drug-likeness (QED) is 0.653. The number of para-hydroxylation sites is 1. The van der Waals surface area contributed by atoms with E-state index in [1.54, 1.807) is 48.5 Å². The van der Waals surface area contributed by atoms with Crippen LogP contribution in [0.2, 0.25) is 5.02 Å². The number of halogens is 1. The monoisotopic (exact) mass is 427 g/mol. The molecule has 4 rings (SSSR count). The van der Waals surface area contributed by atoms with Crippen LogP contribution in [0.1, 0.15) is 18.4 Å². The second-order valence-electron chi connectivity index (χ2n) is 7.35. The van der Waals surface area contributed by atoms with E-state index >= 15 is 0 Å². The molecule has 3 aromatic rings. The van der Waals surface area contributed by atoms with Gasteiger partial charge < -0.3 is 10.1 Å². The van der Waals surface area contributed by atoms with Crippen molar-refractivity contribution in [2.75, 3.05) is 13.2 Å². The van der Waals surface area contributed by atoms with Gasteiger partial charge in [0.05, 0.1) is 23.6 Å². The lowest BCUT2D eigenvalue weighted by atomic mass is 10.2. The minimum Gasteiger partial charge on any atom is -0.376 e. The molecule has 1 atom stereocenters. The highest BCUT2D eigenvalue weighted by atomic mass is 35.5. The molecule has 0 bridgehead atoms. The Kier molecular flexibility index (Phi) is 6.01. The number of ether oxygens (including phenoxy) is 1. The zero-order valence-electron chi connectivity index (χ0n) is 16.3. The minimum atomic E-state index is -0.536. The fourth-order valence-corrected chi connectivity index (χ4v) is 3.93. The smallest absolute Gasteiger partial charge is 0.332 e. The maximum atomic E-state index is 13.2. The van der Waals surface area contributed by atoms with Gasteiger partial charge in [0, 0.05) is 18.2 Å². The second kappa shape index (κ2) is 8.85. The maximum absolute atomic E-state index is 13.2. The van der Waals surface area contributed by atoms with Gasteiger partial charge in [-0.05, 0) is 42.7 Å². The number of aromatic nitrogens is 2. The Hall–Kier alpha value is -2.90. The average Bonchev–Trinajstić information content (AvgIpc) is 3.26. The Morgan fingerprint density at radius 2 is 1.97 bits per heavy atom. The molecule has 7 nitrogen and oxygen atoms in total. The predicted octanol–water partition coefficient (Wildman–Crippen LogP) is 2.16. The minimum absolute atomic E-state index is 0.0131. The van der Waals surface area contributed by atoms with E-state index in [2.05, 4.69) is 5.32 Å². The second-order valence-corrected chi connectivity index (χ2v) is 7.78. The Labute approximate surface area is 177 Å². The number of nitrogens with one attached hydrogen (secondary N) is 1. The van der Waals surface area contributed by atoms with E-state index in [9.17, 15) is 14.4 Å². The summed E-state index contributed by atoms with van der Waals surface area (Å²) in [5.74, 6) is -0.300. The van der Waals surface area contributed by atoms with Crippen molar-refractivity contribution in [3.05, 3.63) is 80.0 Å². The van der Waals surface area contributed by atoms with Crippen LogP contribution in [0.4, 0.5) is 0 Å². The molecule has 1 aliphatic heterocycles. The standard InChI is InChI=1S/C22H22ClN3O4/c23-16-6-3-5-15(11-16)13-26-21(28)18-8-1-2-9-19(18)25(22(26)29)14-20(27)24-12-17-7-4-10-30-17/h1-3,5-6,8-9,11,17H,4,7,10,12-14H2,(H,24,27). The van der Waals surface area contributed by atoms with E-state index in [0.29, 0.717) is 29.1 Å². The number of benzene rings is 2. The molecule has 2 aromatic carbocycles. The topological polar surface area (TPSA) is 82.3 Å². The van der Waals surface area contributed by atoms with E-state index in [1.807, 2.05) is 0 Å². The largest absolute Gasteiger partial charge is 0.376 e. The molecule has 1 unspecified atom stereocenters. The molecule has 0 radical (unpaired) electrons. The summed E-state index contributed by atoms with van der Waals surface area (Å²) in [7, 11) is 0. The first kappa shape index (κ1) is 20.4. The van der Waals surface area contributed by atoms with Crippen molar-refractivity contribution < 1.29 is 9.53 Å². The SMILES string of the molecule is O=C(Cn1c(=O)n(Cc2cccc(Cl)c2)c(=O)c2ccccc21)NCC1CCCO1. The number of carbonyl (C=O) groups is 1. The van der Waals surface area contributed by atoms with E-state index < -0.39 is 11.2 Å². The highest BCUT2D eigenvalue weighted by Gasteiger charge is 2.18. The molecule has 1 aliphatic rings. The van der Waals surface area contributed by atoms with Crippen molar-refractivity contribution in [3.63, 3.8) is 0 Å². The number of fused-ring (bicyclic) bond motifs is 1. The lowest BCUT2D eigenvalue weighted by Crippen LogP contribution is -2.43. The molecule has 8 heteroatoms. The molecule has 1 fully saturated rings. The first-order valence-electron chi connectivity index (χ1n) is 9.88. The molecule has 156 valence electrons. The number of nitrogens with zero attached hydrogens (tertiary/aromatic N) is 2. The summed E-state index contributed by atoms with van der Waals surface area (Å²) < 4.78 is 8.00. The molecular weight excluding hydrogens is 406 g/mol. The van der Waals surface area contributed by atoms with Gasteiger partial charge in [0.15, 0.2) is 0 Å². The Bertz CT molecular complexity index is 1190. The number of hydrogen-bond acceptors (Lipinski definition) is 4. The van der Waals surface area contributed by atoms with E-state index in [-0.39, 0.29) is 25.1 Å². The third-order valence-electron chi connectivity index (χ3n) is 5.21. The number of carbonyl (C=O) groups excluding carboxylic acids is 1. The molecule has 0 aliphatic carbocycles. The normalized spacial score (nSPS) is 16.1. The summed E-state index contributed by atoms with van der Waals surface area (Å²) in [6, 6.07) is 13.8. The molecule has 1 saturated heterocycles. The van der Waals surface area contributed by atoms with Gasteiger partial charge >= 0.3 is 5.69 Å². The van der Waals surface area contributed by atoms with Crippen LogP contribution in [0.5, 0.6) is 0 Å². The number of amides is 1. The van der Waals surface area contributed by atoms with E-state index in [1.165, 1.54) is 4.57 Å². The van der Waals surface area contributed by atoms with Crippen molar-refractivity contribution in [3.8, 4) is 0 Å². The summed E-state index contributed by atoms with van der Waals surface area (Å²) in [5.41, 5.74) is 0.228. The third kappa shape index (κ3) is 4.32. The summed E-state index contributed by atoms with van der Waals surface area (Å²) in [6.07, 6.45) is 1.91. The molecule has 1 amide bonds. The molecular formula is C22H22ClN3O4. The molecule has 1 aromatic heterocycles. The molecule has 0 saturated carbocycles. The van der Waals surface area contributed by atoms with Crippen LogP contribution in [-0.2, 0) is 22.6 Å². The van der Waals surface area contributed by atoms with Crippen LogP contribution in [0.15, 0.2) is 58.1 Å². The highest BCUT2D eigenvalue weighted by Crippen LogP contribution is 2.13. The Morgan fingerprint density at radius 1 is 1.13 bits per heavy atom. The lowest BCUT2D eigenvalue weighted by Gasteiger charge is -2.15. The van der Waals surface area contributed by atoms with Crippen LogP contribution in [-0.4, -0.2) is 34.3 Å². The lowest BCUT2D eigenvalue weighted by molar-refractivity contribution is -0.122. The van der Waals surface area contributed by atoms with Crippen molar-refractivity contribution in [1.82, 2.24) is 14.5 Å². The van der Waals surface area contributed by atoms with Crippen LogP contribution in [0.25, 0.3) is 10.9 Å². The van der Waals surface area contributed by atoms with Crippen molar-refractivity contribution in [2.24, 2.45) is 0 Å². The Morgan fingerprint density at radius 3 is 2.73 bits per heavy atom. The van der Waals surface area contributed by atoms with Gasteiger partial charge in [0.1, 0.15) is 6.54 Å².